The Morgan fingerprint density at radius 2 is 1.94 bits per heavy atom. The highest BCUT2D eigenvalue weighted by Crippen LogP contribution is 2.45. The van der Waals surface area contributed by atoms with Crippen LogP contribution in [0.5, 0.6) is 0 Å². The molecule has 1 aromatic carbocycles. The van der Waals surface area contributed by atoms with Gasteiger partial charge in [-0.2, -0.15) is 0 Å². The van der Waals surface area contributed by atoms with E-state index >= 15 is 0 Å². The lowest BCUT2D eigenvalue weighted by Crippen LogP contribution is -2.29. The van der Waals surface area contributed by atoms with E-state index in [9.17, 15) is 4.79 Å². The van der Waals surface area contributed by atoms with Crippen molar-refractivity contribution in [2.24, 2.45) is 5.41 Å². The molecule has 3 heteroatoms. The maximum atomic E-state index is 11.0. The van der Waals surface area contributed by atoms with Gasteiger partial charge in [0, 0.05) is 13.1 Å². The van der Waals surface area contributed by atoms with Crippen LogP contribution < -0.4 is 5.32 Å². The van der Waals surface area contributed by atoms with Gasteiger partial charge in [0.2, 0.25) is 0 Å². The molecular weight excluding hydrogens is 226 g/mol. The summed E-state index contributed by atoms with van der Waals surface area (Å²) in [6.45, 7) is 5.68. The van der Waals surface area contributed by atoms with Gasteiger partial charge in [0.05, 0.1) is 5.41 Å². The minimum Gasteiger partial charge on any atom is -0.481 e. The molecule has 1 aliphatic rings. The Bertz CT molecular complexity index is 419. The first-order valence-corrected chi connectivity index (χ1v) is 6.56. The highest BCUT2D eigenvalue weighted by molar-refractivity contribution is 5.78. The average Bonchev–Trinajstić information content (AvgIpc) is 3.11. The van der Waals surface area contributed by atoms with Crippen molar-refractivity contribution in [3.8, 4) is 0 Å². The van der Waals surface area contributed by atoms with Crippen LogP contribution in [0, 0.1) is 5.41 Å². The highest BCUT2D eigenvalue weighted by Gasteiger charge is 2.49. The molecule has 0 atom stereocenters. The van der Waals surface area contributed by atoms with E-state index in [1.54, 1.807) is 0 Å². The van der Waals surface area contributed by atoms with Crippen molar-refractivity contribution in [1.82, 2.24) is 5.32 Å². The molecule has 2 N–H and O–H groups in total. The van der Waals surface area contributed by atoms with Gasteiger partial charge >= 0.3 is 5.97 Å². The van der Waals surface area contributed by atoms with E-state index < -0.39 is 11.4 Å². The minimum atomic E-state index is -0.662. The number of rotatable bonds is 6. The van der Waals surface area contributed by atoms with Gasteiger partial charge in [0.1, 0.15) is 0 Å². The molecule has 0 radical (unpaired) electrons. The fourth-order valence-corrected chi connectivity index (χ4v) is 2.08. The summed E-state index contributed by atoms with van der Waals surface area (Å²) in [6.07, 6.45) is 1.61. The van der Waals surface area contributed by atoms with Crippen LogP contribution in [0.3, 0.4) is 0 Å². The molecule has 0 aromatic heterocycles. The van der Waals surface area contributed by atoms with Gasteiger partial charge in [0.25, 0.3) is 0 Å². The summed E-state index contributed by atoms with van der Waals surface area (Å²) >= 11 is 0. The first kappa shape index (κ1) is 13.1. The highest BCUT2D eigenvalue weighted by atomic mass is 16.4. The Balaban J connectivity index is 1.82. The Labute approximate surface area is 108 Å². The lowest BCUT2D eigenvalue weighted by molar-refractivity contribution is -0.143. The molecule has 2 rings (SSSR count). The molecule has 0 heterocycles. The molecule has 0 bridgehead atoms. The van der Waals surface area contributed by atoms with Crippen LogP contribution in [-0.2, 0) is 11.3 Å². The molecule has 0 spiro atoms. The van der Waals surface area contributed by atoms with Crippen molar-refractivity contribution < 1.29 is 9.90 Å². The van der Waals surface area contributed by atoms with E-state index in [4.69, 9.17) is 5.11 Å². The molecule has 1 fully saturated rings. The van der Waals surface area contributed by atoms with E-state index in [1.807, 2.05) is 0 Å². The van der Waals surface area contributed by atoms with Crippen molar-refractivity contribution in [3.05, 3.63) is 35.4 Å². The molecule has 0 amide bonds. The number of carboxylic acid groups (broad SMARTS) is 1. The number of hydrogen-bond acceptors (Lipinski definition) is 2. The zero-order chi connectivity index (χ0) is 13.2. The normalized spacial score (nSPS) is 16.8. The quantitative estimate of drug-likeness (QED) is 0.812. The third-order valence-corrected chi connectivity index (χ3v) is 3.75. The molecule has 1 saturated carbocycles. The summed E-state index contributed by atoms with van der Waals surface area (Å²) in [4.78, 5) is 11.0. The Kier molecular flexibility index (Phi) is 3.71. The van der Waals surface area contributed by atoms with Crippen LogP contribution in [0.4, 0.5) is 0 Å². The van der Waals surface area contributed by atoms with Crippen molar-refractivity contribution in [3.63, 3.8) is 0 Å². The van der Waals surface area contributed by atoms with E-state index in [2.05, 4.69) is 43.4 Å². The maximum Gasteiger partial charge on any atom is 0.310 e. The molecular formula is C15H21NO2. The number of carboxylic acids is 1. The van der Waals surface area contributed by atoms with Crippen LogP contribution >= 0.6 is 0 Å². The van der Waals surface area contributed by atoms with Crippen molar-refractivity contribution >= 4 is 5.97 Å². The van der Waals surface area contributed by atoms with Crippen LogP contribution in [0.1, 0.15) is 43.7 Å². The van der Waals surface area contributed by atoms with Crippen LogP contribution in [0.2, 0.25) is 0 Å². The summed E-state index contributed by atoms with van der Waals surface area (Å²) in [5.41, 5.74) is 2.07. The minimum absolute atomic E-state index is 0.474. The fourth-order valence-electron chi connectivity index (χ4n) is 2.08. The third-order valence-electron chi connectivity index (χ3n) is 3.75. The van der Waals surface area contributed by atoms with Gasteiger partial charge in [-0.15, -0.1) is 0 Å². The predicted molar refractivity (Wildman–Crippen MR) is 71.5 cm³/mol. The molecule has 0 unspecified atom stereocenters. The molecule has 18 heavy (non-hydrogen) atoms. The molecule has 1 aliphatic carbocycles. The van der Waals surface area contributed by atoms with Crippen molar-refractivity contribution in [2.75, 3.05) is 6.54 Å². The first-order valence-electron chi connectivity index (χ1n) is 6.56. The molecule has 3 nitrogen and oxygen atoms in total. The number of aliphatic carboxylic acids is 1. The fraction of sp³-hybridized carbons (Fsp3) is 0.533. The average molecular weight is 247 g/mol. The van der Waals surface area contributed by atoms with Crippen molar-refractivity contribution in [2.45, 2.75) is 39.2 Å². The Morgan fingerprint density at radius 1 is 1.33 bits per heavy atom. The van der Waals surface area contributed by atoms with Crippen molar-refractivity contribution in [1.29, 1.82) is 0 Å². The standard InChI is InChI=1S/C15H21NO2/c1-11(2)13-5-3-12(4-6-13)9-16-10-15(7-8-15)14(17)18/h3-6,11,16H,7-10H2,1-2H3,(H,17,18). The smallest absolute Gasteiger partial charge is 0.310 e. The Hall–Kier alpha value is -1.35. The summed E-state index contributed by atoms with van der Waals surface area (Å²) in [5, 5.41) is 12.3. The number of nitrogens with one attached hydrogen (secondary N) is 1. The third kappa shape index (κ3) is 2.91. The maximum absolute atomic E-state index is 11.0. The monoisotopic (exact) mass is 247 g/mol. The molecule has 1 aromatic rings. The van der Waals surface area contributed by atoms with E-state index in [0.717, 1.165) is 19.4 Å². The van der Waals surface area contributed by atoms with Gasteiger partial charge in [0.15, 0.2) is 0 Å². The van der Waals surface area contributed by atoms with Gasteiger partial charge < -0.3 is 10.4 Å². The first-order chi connectivity index (χ1) is 8.53. The summed E-state index contributed by atoms with van der Waals surface area (Å²) < 4.78 is 0. The van der Waals surface area contributed by atoms with E-state index in [-0.39, 0.29) is 0 Å². The zero-order valence-corrected chi connectivity index (χ0v) is 11.1. The van der Waals surface area contributed by atoms with E-state index in [1.165, 1.54) is 11.1 Å². The number of benzene rings is 1. The van der Waals surface area contributed by atoms with Crippen LogP contribution in [0.25, 0.3) is 0 Å². The number of hydrogen-bond donors (Lipinski definition) is 2. The van der Waals surface area contributed by atoms with Crippen LogP contribution in [-0.4, -0.2) is 17.6 Å². The second-order valence-corrected chi connectivity index (χ2v) is 5.59. The predicted octanol–water partition coefficient (Wildman–Crippen LogP) is 2.76. The largest absolute Gasteiger partial charge is 0.481 e. The lowest BCUT2D eigenvalue weighted by atomic mass is 10.0. The topological polar surface area (TPSA) is 49.3 Å². The van der Waals surface area contributed by atoms with Gasteiger partial charge in [-0.3, -0.25) is 4.79 Å². The second kappa shape index (κ2) is 5.11. The summed E-state index contributed by atoms with van der Waals surface area (Å²) in [6, 6.07) is 8.52. The summed E-state index contributed by atoms with van der Waals surface area (Å²) in [5.74, 6) is -0.112. The second-order valence-electron chi connectivity index (χ2n) is 5.59. The summed E-state index contributed by atoms with van der Waals surface area (Å²) in [7, 11) is 0. The van der Waals surface area contributed by atoms with Gasteiger partial charge in [-0.25, -0.2) is 0 Å². The van der Waals surface area contributed by atoms with Gasteiger partial charge in [-0.05, 0) is 29.9 Å². The molecule has 0 aliphatic heterocycles. The SMILES string of the molecule is CC(C)c1ccc(CNCC2(C(=O)O)CC2)cc1. The molecule has 0 saturated heterocycles. The number of carbonyl (C=O) groups is 1. The van der Waals surface area contributed by atoms with Crippen LogP contribution in [0.15, 0.2) is 24.3 Å². The Morgan fingerprint density at radius 3 is 2.39 bits per heavy atom. The zero-order valence-electron chi connectivity index (χ0n) is 11.1. The van der Waals surface area contributed by atoms with Gasteiger partial charge in [-0.1, -0.05) is 38.1 Å². The lowest BCUT2D eigenvalue weighted by Gasteiger charge is -2.11. The van der Waals surface area contributed by atoms with E-state index in [0.29, 0.717) is 12.5 Å². The molecule has 98 valence electrons.